The Kier molecular flexibility index (Phi) is 5.72. The number of nitrogens with zero attached hydrogens (tertiary/aromatic N) is 1. The number of aryl methyl sites for hydroxylation is 1. The van der Waals surface area contributed by atoms with Gasteiger partial charge < -0.3 is 15.8 Å². The van der Waals surface area contributed by atoms with Crippen molar-refractivity contribution >= 4 is 32.3 Å². The molecule has 2 aliphatic rings. The highest BCUT2D eigenvalue weighted by Crippen LogP contribution is 2.34. The zero-order valence-corrected chi connectivity index (χ0v) is 19.2. The van der Waals surface area contributed by atoms with Crippen molar-refractivity contribution in [3.8, 4) is 5.75 Å². The van der Waals surface area contributed by atoms with E-state index in [0.29, 0.717) is 12.0 Å². The van der Waals surface area contributed by atoms with Crippen LogP contribution in [0.2, 0.25) is 0 Å². The van der Waals surface area contributed by atoms with Crippen LogP contribution in [0.1, 0.15) is 29.5 Å². The minimum absolute atomic E-state index is 0.0114. The molecule has 2 aliphatic heterocycles. The van der Waals surface area contributed by atoms with Crippen LogP contribution in [0, 0.1) is 5.41 Å². The standard InChI is InChI=1S/C25H28N4O3S/c26-25(27)20-4-3-18-2-1-17(13-21(18)14-20)16-29-24-6-5-23(32-22-7-10-28-11-8-22)15-19(24)9-12-33(29,30)31/h1-6,13-15,22,28H,7-12,16H2,(H3,26,27). The molecule has 7 nitrogen and oxygen atoms in total. The van der Waals surface area contributed by atoms with E-state index in [0.717, 1.165) is 59.3 Å². The lowest BCUT2D eigenvalue weighted by Crippen LogP contribution is -2.37. The van der Waals surface area contributed by atoms with Crippen molar-refractivity contribution in [3.63, 3.8) is 0 Å². The average Bonchev–Trinajstić information content (AvgIpc) is 2.81. The van der Waals surface area contributed by atoms with Crippen LogP contribution in [0.4, 0.5) is 5.69 Å². The van der Waals surface area contributed by atoms with Crippen LogP contribution in [0.15, 0.2) is 54.6 Å². The molecule has 3 aromatic carbocycles. The minimum Gasteiger partial charge on any atom is -0.490 e. The van der Waals surface area contributed by atoms with Crippen LogP contribution >= 0.6 is 0 Å². The molecule has 0 atom stereocenters. The molecule has 8 heteroatoms. The summed E-state index contributed by atoms with van der Waals surface area (Å²) in [6.45, 7) is 2.17. The Labute approximate surface area is 194 Å². The van der Waals surface area contributed by atoms with E-state index in [1.807, 2.05) is 54.6 Å². The molecule has 4 N–H and O–H groups in total. The summed E-state index contributed by atoms with van der Waals surface area (Å²) >= 11 is 0. The van der Waals surface area contributed by atoms with E-state index in [4.69, 9.17) is 15.9 Å². The topological polar surface area (TPSA) is 109 Å². The first kappa shape index (κ1) is 21.7. The van der Waals surface area contributed by atoms with Gasteiger partial charge in [0.2, 0.25) is 10.0 Å². The Balaban J connectivity index is 1.43. The van der Waals surface area contributed by atoms with Gasteiger partial charge >= 0.3 is 0 Å². The number of fused-ring (bicyclic) bond motifs is 2. The van der Waals surface area contributed by atoms with E-state index >= 15 is 0 Å². The van der Waals surface area contributed by atoms with Crippen molar-refractivity contribution in [2.45, 2.75) is 31.9 Å². The van der Waals surface area contributed by atoms with Gasteiger partial charge in [-0.25, -0.2) is 8.42 Å². The second kappa shape index (κ2) is 8.68. The van der Waals surface area contributed by atoms with Gasteiger partial charge in [-0.2, -0.15) is 0 Å². The number of rotatable bonds is 5. The molecule has 172 valence electrons. The van der Waals surface area contributed by atoms with Gasteiger partial charge in [-0.3, -0.25) is 9.71 Å². The molecule has 0 bridgehead atoms. The van der Waals surface area contributed by atoms with E-state index in [2.05, 4.69) is 5.32 Å². The molecule has 1 fully saturated rings. The summed E-state index contributed by atoms with van der Waals surface area (Å²) < 4.78 is 33.7. The van der Waals surface area contributed by atoms with Gasteiger partial charge in [0.05, 0.1) is 18.0 Å². The highest BCUT2D eigenvalue weighted by atomic mass is 32.2. The van der Waals surface area contributed by atoms with Crippen LogP contribution in [-0.4, -0.2) is 39.2 Å². The molecule has 0 aliphatic carbocycles. The van der Waals surface area contributed by atoms with Crippen LogP contribution in [0.25, 0.3) is 10.8 Å². The number of benzene rings is 3. The number of hydrogen-bond donors (Lipinski definition) is 3. The van der Waals surface area contributed by atoms with Crippen molar-refractivity contribution in [2.24, 2.45) is 5.73 Å². The van der Waals surface area contributed by atoms with Gasteiger partial charge in [-0.1, -0.05) is 24.3 Å². The summed E-state index contributed by atoms with van der Waals surface area (Å²) in [5.41, 5.74) is 8.88. The summed E-state index contributed by atoms with van der Waals surface area (Å²) in [5, 5.41) is 13.0. The first-order valence-electron chi connectivity index (χ1n) is 11.3. The molecule has 3 aromatic rings. The summed E-state index contributed by atoms with van der Waals surface area (Å²) in [6.07, 6.45) is 2.64. The molecule has 33 heavy (non-hydrogen) atoms. The molecule has 0 aromatic heterocycles. The monoisotopic (exact) mass is 464 g/mol. The third-order valence-electron chi connectivity index (χ3n) is 6.42. The lowest BCUT2D eigenvalue weighted by Gasteiger charge is -2.31. The van der Waals surface area contributed by atoms with Gasteiger partial charge in [0.1, 0.15) is 17.7 Å². The van der Waals surface area contributed by atoms with E-state index in [1.165, 1.54) is 4.31 Å². The molecule has 0 amide bonds. The average molecular weight is 465 g/mol. The molecule has 5 rings (SSSR count). The Bertz CT molecular complexity index is 1320. The maximum atomic E-state index is 13.0. The first-order valence-corrected chi connectivity index (χ1v) is 12.9. The molecule has 1 saturated heterocycles. The molecule has 0 spiro atoms. The molecule has 0 unspecified atom stereocenters. The van der Waals surface area contributed by atoms with Crippen LogP contribution in [-0.2, 0) is 23.0 Å². The number of nitrogens with two attached hydrogens (primary N) is 1. The van der Waals surface area contributed by atoms with Crippen molar-refractivity contribution in [2.75, 3.05) is 23.1 Å². The van der Waals surface area contributed by atoms with Crippen LogP contribution in [0.3, 0.4) is 0 Å². The lowest BCUT2D eigenvalue weighted by molar-refractivity contribution is 0.162. The van der Waals surface area contributed by atoms with Crippen molar-refractivity contribution in [1.82, 2.24) is 5.32 Å². The van der Waals surface area contributed by atoms with E-state index in [9.17, 15) is 8.42 Å². The van der Waals surface area contributed by atoms with Crippen molar-refractivity contribution in [1.29, 1.82) is 5.41 Å². The molecule has 2 heterocycles. The molecule has 0 radical (unpaired) electrons. The number of amidine groups is 1. The van der Waals surface area contributed by atoms with Gasteiger partial charge in [0, 0.05) is 5.56 Å². The molecular weight excluding hydrogens is 436 g/mol. The van der Waals surface area contributed by atoms with Crippen LogP contribution < -0.4 is 20.1 Å². The van der Waals surface area contributed by atoms with Gasteiger partial charge in [0.25, 0.3) is 0 Å². The highest BCUT2D eigenvalue weighted by molar-refractivity contribution is 7.92. The number of anilines is 1. The van der Waals surface area contributed by atoms with Gasteiger partial charge in [-0.05, 0) is 84.6 Å². The van der Waals surface area contributed by atoms with E-state index < -0.39 is 10.0 Å². The summed E-state index contributed by atoms with van der Waals surface area (Å²) in [4.78, 5) is 0. The Morgan fingerprint density at radius 2 is 1.85 bits per heavy atom. The summed E-state index contributed by atoms with van der Waals surface area (Å²) in [6, 6.07) is 17.3. The molecule has 0 saturated carbocycles. The Hall–Kier alpha value is -3.10. The normalized spacial score (nSPS) is 18.1. The quantitative estimate of drug-likeness (QED) is 0.397. The number of piperidine rings is 1. The second-order valence-electron chi connectivity index (χ2n) is 8.74. The summed E-state index contributed by atoms with van der Waals surface area (Å²) in [5.74, 6) is 0.901. The fraction of sp³-hybridized carbons (Fsp3) is 0.320. The van der Waals surface area contributed by atoms with E-state index in [1.54, 1.807) is 0 Å². The lowest BCUT2D eigenvalue weighted by atomic mass is 10.0. The number of nitrogens with one attached hydrogen (secondary N) is 2. The number of ether oxygens (including phenoxy) is 1. The number of sulfonamides is 1. The van der Waals surface area contributed by atoms with Crippen molar-refractivity contribution < 1.29 is 13.2 Å². The zero-order valence-electron chi connectivity index (χ0n) is 18.4. The fourth-order valence-electron chi connectivity index (χ4n) is 4.59. The number of hydrogen-bond acceptors (Lipinski definition) is 5. The zero-order chi connectivity index (χ0) is 23.0. The maximum absolute atomic E-state index is 13.0. The Morgan fingerprint density at radius 3 is 2.64 bits per heavy atom. The van der Waals surface area contributed by atoms with E-state index in [-0.39, 0.29) is 24.2 Å². The third kappa shape index (κ3) is 4.54. The molecular formula is C25H28N4O3S. The first-order chi connectivity index (χ1) is 15.9. The maximum Gasteiger partial charge on any atom is 0.235 e. The third-order valence-corrected chi connectivity index (χ3v) is 8.13. The summed E-state index contributed by atoms with van der Waals surface area (Å²) in [7, 11) is -3.42. The predicted molar refractivity (Wildman–Crippen MR) is 132 cm³/mol. The van der Waals surface area contributed by atoms with Crippen LogP contribution in [0.5, 0.6) is 5.75 Å². The SMILES string of the molecule is N=C(N)c1ccc2ccc(CN3c4ccc(OC5CCNCC5)cc4CCS3(=O)=O)cc2c1. The predicted octanol–water partition coefficient (Wildman–Crippen LogP) is 3.15. The van der Waals surface area contributed by atoms with Gasteiger partial charge in [-0.15, -0.1) is 0 Å². The minimum atomic E-state index is -3.42. The highest BCUT2D eigenvalue weighted by Gasteiger charge is 2.30. The smallest absolute Gasteiger partial charge is 0.235 e. The van der Waals surface area contributed by atoms with Crippen molar-refractivity contribution in [3.05, 3.63) is 71.3 Å². The number of nitrogen functional groups attached to an aromatic ring is 1. The largest absolute Gasteiger partial charge is 0.490 e. The fourth-order valence-corrected chi connectivity index (χ4v) is 6.12. The Morgan fingerprint density at radius 1 is 1.06 bits per heavy atom. The van der Waals surface area contributed by atoms with Gasteiger partial charge in [0.15, 0.2) is 0 Å². The second-order valence-corrected chi connectivity index (χ2v) is 10.8.